The molecule has 24 heavy (non-hydrogen) atoms. The highest BCUT2D eigenvalue weighted by atomic mass is 32.1. The van der Waals surface area contributed by atoms with Crippen molar-refractivity contribution in [2.75, 3.05) is 13.1 Å². The Kier molecular flexibility index (Phi) is 4.93. The Hall–Kier alpha value is -1.83. The second kappa shape index (κ2) is 6.96. The average Bonchev–Trinajstić information content (AvgIpc) is 2.96. The van der Waals surface area contributed by atoms with Gasteiger partial charge in [-0.05, 0) is 25.3 Å². The van der Waals surface area contributed by atoms with Crippen molar-refractivity contribution >= 4 is 17.3 Å². The molecule has 1 saturated heterocycles. The number of rotatable bonds is 5. The van der Waals surface area contributed by atoms with Gasteiger partial charge in [-0.15, -0.1) is 21.5 Å². The highest BCUT2D eigenvalue weighted by Crippen LogP contribution is 2.35. The normalized spacial score (nSPS) is 24.8. The fourth-order valence-corrected chi connectivity index (χ4v) is 4.06. The Balaban J connectivity index is 1.81. The predicted molar refractivity (Wildman–Crippen MR) is 90.8 cm³/mol. The van der Waals surface area contributed by atoms with E-state index in [-0.39, 0.29) is 0 Å². The van der Waals surface area contributed by atoms with Crippen LogP contribution in [0.1, 0.15) is 22.0 Å². The van der Waals surface area contributed by atoms with Crippen LogP contribution in [0.2, 0.25) is 0 Å². The highest BCUT2D eigenvalue weighted by molar-refractivity contribution is 7.11. The molecule has 0 saturated carbocycles. The van der Waals surface area contributed by atoms with Gasteiger partial charge in [0.1, 0.15) is 15.4 Å². The number of carboxylic acids is 1. The van der Waals surface area contributed by atoms with Gasteiger partial charge in [-0.2, -0.15) is 0 Å². The first kappa shape index (κ1) is 17.0. The van der Waals surface area contributed by atoms with E-state index in [0.717, 1.165) is 15.6 Å². The summed E-state index contributed by atoms with van der Waals surface area (Å²) in [5, 5.41) is 30.3. The van der Waals surface area contributed by atoms with Gasteiger partial charge in [0, 0.05) is 13.1 Å². The molecular formula is C17H21N3O3S. The summed E-state index contributed by atoms with van der Waals surface area (Å²) in [6.07, 6.45) is -0.102. The first-order valence-corrected chi connectivity index (χ1v) is 8.78. The number of carbonyl (C=O) groups is 1. The van der Waals surface area contributed by atoms with Gasteiger partial charge >= 0.3 is 5.97 Å². The lowest BCUT2D eigenvalue weighted by Gasteiger charge is -2.43. The number of carboxylic acid groups (broad SMARTS) is 1. The number of piperidine rings is 1. The molecule has 1 aliphatic heterocycles. The lowest BCUT2D eigenvalue weighted by molar-refractivity contribution is -0.163. The lowest BCUT2D eigenvalue weighted by Crippen LogP contribution is -2.56. The molecule has 2 aromatic rings. The maximum Gasteiger partial charge on any atom is 0.313 e. The van der Waals surface area contributed by atoms with Crippen LogP contribution in [-0.4, -0.2) is 50.5 Å². The summed E-state index contributed by atoms with van der Waals surface area (Å²) in [7, 11) is 0. The standard InChI is InChI=1S/C17H21N3O3S/c1-12-18-19-15(24-12)10-20-8-7-14(21)17(11-20,16(22)23)9-13-5-3-2-4-6-13/h2-6,14,21H,7-11H2,1H3,(H,22,23)/t14-,17-/m0/s1. The van der Waals surface area contributed by atoms with Gasteiger partial charge in [-0.1, -0.05) is 30.3 Å². The molecule has 3 rings (SSSR count). The van der Waals surface area contributed by atoms with E-state index in [9.17, 15) is 15.0 Å². The maximum absolute atomic E-state index is 12.1. The molecule has 2 atom stereocenters. The van der Waals surface area contributed by atoms with Crippen LogP contribution in [-0.2, 0) is 17.8 Å². The van der Waals surface area contributed by atoms with Gasteiger partial charge in [0.25, 0.3) is 0 Å². The molecular weight excluding hydrogens is 326 g/mol. The van der Waals surface area contributed by atoms with Crippen molar-refractivity contribution < 1.29 is 15.0 Å². The molecule has 2 N–H and O–H groups in total. The fraction of sp³-hybridized carbons (Fsp3) is 0.471. The van der Waals surface area contributed by atoms with Gasteiger partial charge in [-0.3, -0.25) is 9.69 Å². The van der Waals surface area contributed by atoms with Gasteiger partial charge < -0.3 is 10.2 Å². The first-order valence-electron chi connectivity index (χ1n) is 7.96. The van der Waals surface area contributed by atoms with Crippen LogP contribution in [0.3, 0.4) is 0 Å². The van der Waals surface area contributed by atoms with E-state index >= 15 is 0 Å². The number of benzene rings is 1. The van der Waals surface area contributed by atoms with Crippen molar-refractivity contribution in [3.8, 4) is 0 Å². The Morgan fingerprint density at radius 1 is 1.38 bits per heavy atom. The highest BCUT2D eigenvalue weighted by Gasteiger charge is 2.49. The lowest BCUT2D eigenvalue weighted by atomic mass is 9.73. The third-order valence-corrected chi connectivity index (χ3v) is 5.40. The van der Waals surface area contributed by atoms with Crippen molar-refractivity contribution in [1.29, 1.82) is 0 Å². The molecule has 1 fully saturated rings. The molecule has 1 aromatic heterocycles. The third-order valence-electron chi connectivity index (χ3n) is 4.58. The van der Waals surface area contributed by atoms with Crippen LogP contribution < -0.4 is 0 Å². The van der Waals surface area contributed by atoms with Crippen molar-refractivity contribution in [2.45, 2.75) is 32.4 Å². The number of aryl methyl sites for hydroxylation is 1. The second-order valence-electron chi connectivity index (χ2n) is 6.35. The molecule has 0 amide bonds. The van der Waals surface area contributed by atoms with Crippen LogP contribution in [0.15, 0.2) is 30.3 Å². The molecule has 6 nitrogen and oxygen atoms in total. The van der Waals surface area contributed by atoms with Crippen LogP contribution in [0.5, 0.6) is 0 Å². The maximum atomic E-state index is 12.1. The minimum Gasteiger partial charge on any atom is -0.481 e. The molecule has 0 bridgehead atoms. The van der Waals surface area contributed by atoms with Crippen LogP contribution in [0, 0.1) is 12.3 Å². The summed E-state index contributed by atoms with van der Waals surface area (Å²) < 4.78 is 0. The van der Waals surface area contributed by atoms with Crippen molar-refractivity contribution in [1.82, 2.24) is 15.1 Å². The Morgan fingerprint density at radius 2 is 2.12 bits per heavy atom. The molecule has 7 heteroatoms. The second-order valence-corrected chi connectivity index (χ2v) is 7.62. The number of aliphatic carboxylic acids is 1. The zero-order chi connectivity index (χ0) is 17.2. The van der Waals surface area contributed by atoms with Crippen LogP contribution in [0.4, 0.5) is 0 Å². The minimum absolute atomic E-state index is 0.303. The van der Waals surface area contributed by atoms with Crippen molar-refractivity contribution in [2.24, 2.45) is 5.41 Å². The van der Waals surface area contributed by atoms with Gasteiger partial charge in [0.05, 0.1) is 12.6 Å². The van der Waals surface area contributed by atoms with Gasteiger partial charge in [0.2, 0.25) is 0 Å². The number of nitrogens with zero attached hydrogens (tertiary/aromatic N) is 3. The summed E-state index contributed by atoms with van der Waals surface area (Å²) in [4.78, 5) is 14.1. The van der Waals surface area contributed by atoms with E-state index in [1.54, 1.807) is 0 Å². The average molecular weight is 347 g/mol. The molecule has 0 spiro atoms. The Labute approximate surface area is 144 Å². The smallest absolute Gasteiger partial charge is 0.313 e. The molecule has 1 aromatic carbocycles. The van der Waals surface area contributed by atoms with Crippen LogP contribution >= 0.6 is 11.3 Å². The van der Waals surface area contributed by atoms with E-state index in [4.69, 9.17) is 0 Å². The summed E-state index contributed by atoms with van der Waals surface area (Å²) in [6, 6.07) is 9.50. The molecule has 0 unspecified atom stereocenters. The van der Waals surface area contributed by atoms with Gasteiger partial charge in [-0.25, -0.2) is 0 Å². The third kappa shape index (κ3) is 3.48. The topological polar surface area (TPSA) is 86.5 Å². The molecule has 2 heterocycles. The monoisotopic (exact) mass is 347 g/mol. The number of aliphatic hydroxyl groups is 1. The SMILES string of the molecule is Cc1nnc(CN2CC[C@H](O)[C@@](Cc3ccccc3)(C(=O)O)C2)s1. The summed E-state index contributed by atoms with van der Waals surface area (Å²) in [5.41, 5.74) is -0.271. The van der Waals surface area contributed by atoms with Gasteiger partial charge in [0.15, 0.2) is 0 Å². The van der Waals surface area contributed by atoms with Crippen LogP contribution in [0.25, 0.3) is 0 Å². The summed E-state index contributed by atoms with van der Waals surface area (Å²) >= 11 is 1.52. The van der Waals surface area contributed by atoms with E-state index in [1.165, 1.54) is 11.3 Å². The molecule has 1 aliphatic rings. The number of aliphatic hydroxyl groups excluding tert-OH is 1. The Morgan fingerprint density at radius 3 is 2.75 bits per heavy atom. The van der Waals surface area contributed by atoms with Crippen molar-refractivity contribution in [3.63, 3.8) is 0 Å². The number of hydrogen-bond acceptors (Lipinski definition) is 6. The number of aromatic nitrogens is 2. The first-order chi connectivity index (χ1) is 11.5. The van der Waals surface area contributed by atoms with Crippen molar-refractivity contribution in [3.05, 3.63) is 45.9 Å². The Bertz CT molecular complexity index is 706. The number of hydrogen-bond donors (Lipinski definition) is 2. The summed E-state index contributed by atoms with van der Waals surface area (Å²) in [6.45, 7) is 3.43. The summed E-state index contributed by atoms with van der Waals surface area (Å²) in [5.74, 6) is -0.947. The molecule has 128 valence electrons. The quantitative estimate of drug-likeness (QED) is 0.857. The van der Waals surface area contributed by atoms with E-state index < -0.39 is 17.5 Å². The molecule has 0 aliphatic carbocycles. The zero-order valence-electron chi connectivity index (χ0n) is 13.6. The fourth-order valence-electron chi connectivity index (χ4n) is 3.31. The predicted octanol–water partition coefficient (Wildman–Crippen LogP) is 1.73. The van der Waals surface area contributed by atoms with E-state index in [2.05, 4.69) is 15.1 Å². The van der Waals surface area contributed by atoms with E-state index in [0.29, 0.717) is 32.5 Å². The zero-order valence-corrected chi connectivity index (χ0v) is 14.4. The minimum atomic E-state index is -1.20. The largest absolute Gasteiger partial charge is 0.481 e. The number of likely N-dealkylation sites (tertiary alicyclic amines) is 1. The molecule has 0 radical (unpaired) electrons. The van der Waals surface area contributed by atoms with E-state index in [1.807, 2.05) is 37.3 Å².